The molecule has 1 N–H and O–H groups in total. The van der Waals surface area contributed by atoms with Crippen molar-refractivity contribution in [2.75, 3.05) is 7.11 Å². The van der Waals surface area contributed by atoms with Gasteiger partial charge in [0.1, 0.15) is 5.75 Å². The molecule has 1 aromatic heterocycles. The average Bonchev–Trinajstić information content (AvgIpc) is 3.09. The highest BCUT2D eigenvalue weighted by Gasteiger charge is 2.19. The molecule has 0 aliphatic rings. The minimum Gasteiger partial charge on any atom is -0.497 e. The van der Waals surface area contributed by atoms with E-state index in [0.717, 1.165) is 32.2 Å². The summed E-state index contributed by atoms with van der Waals surface area (Å²) in [5.74, 6) is 0.634. The van der Waals surface area contributed by atoms with Gasteiger partial charge in [-0.15, -0.1) is 11.3 Å². The molecule has 29 heavy (non-hydrogen) atoms. The van der Waals surface area contributed by atoms with Gasteiger partial charge in [-0.05, 0) is 43.2 Å². The van der Waals surface area contributed by atoms with Crippen molar-refractivity contribution in [3.63, 3.8) is 0 Å². The van der Waals surface area contributed by atoms with Crippen LogP contribution in [0.4, 0.5) is 0 Å². The molecule has 0 radical (unpaired) electrons. The van der Waals surface area contributed by atoms with Crippen molar-refractivity contribution < 1.29 is 14.3 Å². The summed E-state index contributed by atoms with van der Waals surface area (Å²) in [5, 5.41) is 3.08. The highest BCUT2D eigenvalue weighted by Crippen LogP contribution is 2.25. The van der Waals surface area contributed by atoms with E-state index in [1.165, 1.54) is 0 Å². The first-order valence-electron chi connectivity index (χ1n) is 9.56. The second-order valence-corrected chi connectivity index (χ2v) is 8.39. The molecule has 0 bridgehead atoms. The summed E-state index contributed by atoms with van der Waals surface area (Å²) in [6, 6.07) is 19.1. The lowest BCUT2D eigenvalue weighted by Gasteiger charge is -2.20. The Kier molecular flexibility index (Phi) is 6.83. The van der Waals surface area contributed by atoms with Crippen LogP contribution >= 0.6 is 11.3 Å². The molecule has 5 heteroatoms. The van der Waals surface area contributed by atoms with Crippen LogP contribution in [0.1, 0.15) is 50.1 Å². The lowest BCUT2D eigenvalue weighted by molar-refractivity contribution is -0.121. The maximum Gasteiger partial charge on any atom is 0.221 e. The van der Waals surface area contributed by atoms with Crippen molar-refractivity contribution in [2.45, 2.75) is 32.7 Å². The fourth-order valence-electron chi connectivity index (χ4n) is 3.30. The molecule has 1 amide bonds. The summed E-state index contributed by atoms with van der Waals surface area (Å²) >= 11 is 1.61. The predicted octanol–water partition coefficient (Wildman–Crippen LogP) is 5.24. The SMILES string of the molecule is COc1ccc(C(NC(=O)CCC(=O)c2cc(C)sc2C)c2ccccc2)cc1. The first-order valence-corrected chi connectivity index (χ1v) is 10.4. The van der Waals surface area contributed by atoms with Crippen molar-refractivity contribution in [1.82, 2.24) is 5.32 Å². The monoisotopic (exact) mass is 407 g/mol. The summed E-state index contributed by atoms with van der Waals surface area (Å²) in [5.41, 5.74) is 2.68. The molecule has 3 rings (SSSR count). The molecule has 3 aromatic rings. The second kappa shape index (κ2) is 9.52. The van der Waals surface area contributed by atoms with Gasteiger partial charge in [-0.2, -0.15) is 0 Å². The van der Waals surface area contributed by atoms with E-state index in [9.17, 15) is 9.59 Å². The van der Waals surface area contributed by atoms with Crippen molar-refractivity contribution in [2.24, 2.45) is 0 Å². The molecule has 2 aromatic carbocycles. The van der Waals surface area contributed by atoms with Crippen LogP contribution in [0, 0.1) is 13.8 Å². The van der Waals surface area contributed by atoms with Crippen molar-refractivity contribution >= 4 is 23.0 Å². The number of carbonyl (C=O) groups is 2. The van der Waals surface area contributed by atoms with Gasteiger partial charge in [0.15, 0.2) is 5.78 Å². The Morgan fingerprint density at radius 2 is 1.62 bits per heavy atom. The zero-order valence-electron chi connectivity index (χ0n) is 16.9. The van der Waals surface area contributed by atoms with Gasteiger partial charge >= 0.3 is 0 Å². The maximum atomic E-state index is 12.7. The molecule has 0 fully saturated rings. The Labute approximate surface area is 175 Å². The normalized spacial score (nSPS) is 11.7. The molecule has 4 nitrogen and oxygen atoms in total. The number of hydrogen-bond acceptors (Lipinski definition) is 4. The molecule has 150 valence electrons. The van der Waals surface area contributed by atoms with Crippen LogP contribution in [-0.2, 0) is 4.79 Å². The molecule has 0 saturated heterocycles. The first-order chi connectivity index (χ1) is 14.0. The predicted molar refractivity (Wildman–Crippen MR) is 117 cm³/mol. The average molecular weight is 408 g/mol. The van der Waals surface area contributed by atoms with E-state index in [1.54, 1.807) is 18.4 Å². The lowest BCUT2D eigenvalue weighted by atomic mass is 9.98. The maximum absolute atomic E-state index is 12.7. The standard InChI is InChI=1S/C24H25NO3S/c1-16-15-21(17(2)29-16)22(26)13-14-23(27)25-24(18-7-5-4-6-8-18)19-9-11-20(28-3)12-10-19/h4-12,15,24H,13-14H2,1-3H3,(H,25,27). The number of aryl methyl sites for hydroxylation is 2. The van der Waals surface area contributed by atoms with E-state index in [4.69, 9.17) is 4.74 Å². The van der Waals surface area contributed by atoms with E-state index in [1.807, 2.05) is 74.5 Å². The van der Waals surface area contributed by atoms with Crippen LogP contribution in [0.3, 0.4) is 0 Å². The fraction of sp³-hybridized carbons (Fsp3) is 0.250. The smallest absolute Gasteiger partial charge is 0.221 e. The minimum atomic E-state index is -0.283. The van der Waals surface area contributed by atoms with Gasteiger partial charge in [0, 0.05) is 28.2 Å². The molecular weight excluding hydrogens is 382 g/mol. The summed E-state index contributed by atoms with van der Waals surface area (Å²) in [7, 11) is 1.62. The van der Waals surface area contributed by atoms with Gasteiger partial charge in [-0.3, -0.25) is 9.59 Å². The zero-order chi connectivity index (χ0) is 20.8. The van der Waals surface area contributed by atoms with Crippen molar-refractivity contribution in [3.05, 3.63) is 87.1 Å². The van der Waals surface area contributed by atoms with Crippen LogP contribution in [0.15, 0.2) is 60.7 Å². The number of nitrogens with one attached hydrogen (secondary N) is 1. The molecule has 0 aliphatic heterocycles. The number of carbonyl (C=O) groups excluding carboxylic acids is 2. The van der Waals surface area contributed by atoms with Crippen molar-refractivity contribution in [3.8, 4) is 5.75 Å². The number of Topliss-reactive ketones (excluding diaryl/α,β-unsaturated/α-hetero) is 1. The molecule has 0 aliphatic carbocycles. The summed E-state index contributed by atoms with van der Waals surface area (Å²) in [4.78, 5) is 27.3. The van der Waals surface area contributed by atoms with E-state index in [-0.39, 0.29) is 30.6 Å². The molecule has 0 saturated carbocycles. The lowest BCUT2D eigenvalue weighted by Crippen LogP contribution is -2.29. The third kappa shape index (κ3) is 5.33. The largest absolute Gasteiger partial charge is 0.497 e. The van der Waals surface area contributed by atoms with Crippen LogP contribution < -0.4 is 10.1 Å². The van der Waals surface area contributed by atoms with Gasteiger partial charge in [-0.25, -0.2) is 0 Å². The Balaban J connectivity index is 1.71. The van der Waals surface area contributed by atoms with Crippen LogP contribution in [0.25, 0.3) is 0 Å². The molecular formula is C24H25NO3S. The van der Waals surface area contributed by atoms with Crippen LogP contribution in [-0.4, -0.2) is 18.8 Å². The Morgan fingerprint density at radius 3 is 2.21 bits per heavy atom. The summed E-state index contributed by atoms with van der Waals surface area (Å²) in [6.45, 7) is 3.93. The Hall–Kier alpha value is -2.92. The number of methoxy groups -OCH3 is 1. The third-order valence-electron chi connectivity index (χ3n) is 4.81. The molecule has 0 spiro atoms. The molecule has 1 heterocycles. The Morgan fingerprint density at radius 1 is 0.966 bits per heavy atom. The fourth-order valence-corrected chi connectivity index (χ4v) is 4.25. The topological polar surface area (TPSA) is 55.4 Å². The second-order valence-electron chi connectivity index (χ2n) is 6.93. The van der Waals surface area contributed by atoms with Gasteiger partial charge in [0.2, 0.25) is 5.91 Å². The summed E-state index contributed by atoms with van der Waals surface area (Å²) < 4.78 is 5.23. The number of hydrogen-bond donors (Lipinski definition) is 1. The third-order valence-corrected chi connectivity index (χ3v) is 5.77. The quantitative estimate of drug-likeness (QED) is 0.520. The highest BCUT2D eigenvalue weighted by atomic mass is 32.1. The number of ketones is 1. The number of benzene rings is 2. The van der Waals surface area contributed by atoms with Gasteiger partial charge in [-0.1, -0.05) is 42.5 Å². The van der Waals surface area contributed by atoms with Gasteiger partial charge in [0.25, 0.3) is 0 Å². The molecule has 1 unspecified atom stereocenters. The number of rotatable bonds is 8. The van der Waals surface area contributed by atoms with E-state index >= 15 is 0 Å². The van der Waals surface area contributed by atoms with Gasteiger partial charge < -0.3 is 10.1 Å². The van der Waals surface area contributed by atoms with Crippen molar-refractivity contribution in [1.29, 1.82) is 0 Å². The highest BCUT2D eigenvalue weighted by molar-refractivity contribution is 7.12. The van der Waals surface area contributed by atoms with Crippen LogP contribution in [0.5, 0.6) is 5.75 Å². The number of thiophene rings is 1. The number of ether oxygens (including phenoxy) is 1. The van der Waals surface area contributed by atoms with E-state index in [2.05, 4.69) is 5.32 Å². The summed E-state index contributed by atoms with van der Waals surface area (Å²) in [6.07, 6.45) is 0.361. The van der Waals surface area contributed by atoms with E-state index in [0.29, 0.717) is 0 Å². The van der Waals surface area contributed by atoms with Crippen LogP contribution in [0.2, 0.25) is 0 Å². The van der Waals surface area contributed by atoms with E-state index < -0.39 is 0 Å². The van der Waals surface area contributed by atoms with Gasteiger partial charge in [0.05, 0.1) is 13.2 Å². The Bertz CT molecular complexity index is 977. The number of amides is 1. The molecule has 1 atom stereocenters. The minimum absolute atomic E-state index is 0.0164. The zero-order valence-corrected chi connectivity index (χ0v) is 17.7. The first kappa shape index (κ1) is 20.8.